The second-order valence-corrected chi connectivity index (χ2v) is 11.2. The largest absolute Gasteiger partial charge is 0.489 e. The number of carbonyl (C=O) groups excluding carboxylic acids is 1. The van der Waals surface area contributed by atoms with E-state index in [-0.39, 0.29) is 11.4 Å². The lowest BCUT2D eigenvalue weighted by Gasteiger charge is -2.37. The van der Waals surface area contributed by atoms with Crippen LogP contribution in [0, 0.1) is 12.3 Å². The lowest BCUT2D eigenvalue weighted by Crippen LogP contribution is -2.51. The standard InChI is InChI=1S/C24H31N3O5S/c1-17-14-18(21-6-3-4-7-22(21)25-17)15-32-19-8-10-20(11-9-19)33(30,31)27-13-5-12-24(2,16-27)23(28)26-29/h8-11,14,29H,3-7,12-13,15-16H2,1-2H3,(H,26,28). The monoisotopic (exact) mass is 473 g/mol. The van der Waals surface area contributed by atoms with E-state index >= 15 is 0 Å². The lowest BCUT2D eigenvalue weighted by atomic mass is 9.82. The highest BCUT2D eigenvalue weighted by molar-refractivity contribution is 7.89. The van der Waals surface area contributed by atoms with Crippen molar-refractivity contribution in [2.45, 2.75) is 63.9 Å². The van der Waals surface area contributed by atoms with E-state index in [9.17, 15) is 13.2 Å². The summed E-state index contributed by atoms with van der Waals surface area (Å²) in [4.78, 5) is 16.9. The molecular weight excluding hydrogens is 442 g/mol. The van der Waals surface area contributed by atoms with Gasteiger partial charge in [-0.05, 0) is 93.8 Å². The molecular formula is C24H31N3O5S. The summed E-state index contributed by atoms with van der Waals surface area (Å²) in [5.74, 6) is 0.0239. The first-order valence-electron chi connectivity index (χ1n) is 11.4. The Balaban J connectivity index is 1.46. The first-order chi connectivity index (χ1) is 15.7. The molecule has 1 aliphatic heterocycles. The Hall–Kier alpha value is -2.49. The summed E-state index contributed by atoms with van der Waals surface area (Å²) in [6.45, 7) is 4.43. The van der Waals surface area contributed by atoms with Crippen LogP contribution in [0.2, 0.25) is 0 Å². The fraction of sp³-hybridized carbons (Fsp3) is 0.500. The van der Waals surface area contributed by atoms with Crippen LogP contribution >= 0.6 is 0 Å². The van der Waals surface area contributed by atoms with Gasteiger partial charge >= 0.3 is 0 Å². The molecule has 4 rings (SSSR count). The number of hydrogen-bond acceptors (Lipinski definition) is 6. The molecule has 1 amide bonds. The van der Waals surface area contributed by atoms with E-state index in [4.69, 9.17) is 9.94 Å². The maximum atomic E-state index is 13.2. The Labute approximate surface area is 195 Å². The molecule has 1 fully saturated rings. The highest BCUT2D eigenvalue weighted by atomic mass is 32.2. The summed E-state index contributed by atoms with van der Waals surface area (Å²) in [6.07, 6.45) is 5.40. The van der Waals surface area contributed by atoms with E-state index in [0.29, 0.717) is 31.7 Å². The molecule has 1 saturated heterocycles. The van der Waals surface area contributed by atoms with E-state index in [1.807, 2.05) is 6.92 Å². The number of benzene rings is 1. The third kappa shape index (κ3) is 4.90. The number of nitrogens with zero attached hydrogens (tertiary/aromatic N) is 2. The number of pyridine rings is 1. The molecule has 1 aromatic heterocycles. The van der Waals surface area contributed by atoms with Crippen LogP contribution in [0.5, 0.6) is 5.75 Å². The van der Waals surface area contributed by atoms with Gasteiger partial charge in [-0.25, -0.2) is 13.9 Å². The lowest BCUT2D eigenvalue weighted by molar-refractivity contribution is -0.140. The van der Waals surface area contributed by atoms with Gasteiger partial charge < -0.3 is 4.74 Å². The first-order valence-corrected chi connectivity index (χ1v) is 12.8. The molecule has 1 atom stereocenters. The third-order valence-electron chi connectivity index (χ3n) is 6.69. The number of hydrogen-bond donors (Lipinski definition) is 2. The number of piperidine rings is 1. The molecule has 9 heteroatoms. The van der Waals surface area contributed by atoms with Crippen molar-refractivity contribution in [1.82, 2.24) is 14.8 Å². The second-order valence-electron chi connectivity index (χ2n) is 9.26. The second kappa shape index (κ2) is 9.40. The number of aryl methyl sites for hydroxylation is 2. The Morgan fingerprint density at radius 1 is 1.21 bits per heavy atom. The van der Waals surface area contributed by atoms with Crippen molar-refractivity contribution in [3.05, 3.63) is 52.8 Å². The van der Waals surface area contributed by atoms with Crippen LogP contribution in [0.15, 0.2) is 35.2 Å². The molecule has 0 saturated carbocycles. The average Bonchev–Trinajstić information content (AvgIpc) is 2.82. The number of carbonyl (C=O) groups is 1. The molecule has 178 valence electrons. The van der Waals surface area contributed by atoms with Crippen LogP contribution in [0.3, 0.4) is 0 Å². The third-order valence-corrected chi connectivity index (χ3v) is 8.55. The first kappa shape index (κ1) is 23.7. The van der Waals surface area contributed by atoms with E-state index in [0.717, 1.165) is 30.5 Å². The number of nitrogens with one attached hydrogen (secondary N) is 1. The molecule has 0 bridgehead atoms. The van der Waals surface area contributed by atoms with Crippen molar-refractivity contribution < 1.29 is 23.2 Å². The van der Waals surface area contributed by atoms with Gasteiger partial charge in [-0.3, -0.25) is 15.0 Å². The van der Waals surface area contributed by atoms with Crippen LogP contribution in [-0.2, 0) is 34.3 Å². The molecule has 8 nitrogen and oxygen atoms in total. The minimum Gasteiger partial charge on any atom is -0.489 e. The number of rotatable bonds is 6. The highest BCUT2D eigenvalue weighted by Gasteiger charge is 2.41. The van der Waals surface area contributed by atoms with Crippen LogP contribution < -0.4 is 10.2 Å². The van der Waals surface area contributed by atoms with E-state index < -0.39 is 21.3 Å². The average molecular weight is 474 g/mol. The maximum absolute atomic E-state index is 13.2. The van der Waals surface area contributed by atoms with Gasteiger partial charge in [0.25, 0.3) is 5.91 Å². The van der Waals surface area contributed by atoms with Crippen molar-refractivity contribution in [3.8, 4) is 5.75 Å². The number of ether oxygens (including phenoxy) is 1. The molecule has 0 radical (unpaired) electrons. The van der Waals surface area contributed by atoms with E-state index in [1.54, 1.807) is 24.5 Å². The number of amides is 1. The highest BCUT2D eigenvalue weighted by Crippen LogP contribution is 2.33. The van der Waals surface area contributed by atoms with Gasteiger partial charge in [0.2, 0.25) is 10.0 Å². The number of aromatic nitrogens is 1. The Morgan fingerprint density at radius 2 is 1.94 bits per heavy atom. The Bertz CT molecular complexity index is 1130. The number of hydroxylamine groups is 1. The summed E-state index contributed by atoms with van der Waals surface area (Å²) >= 11 is 0. The molecule has 0 spiro atoms. The van der Waals surface area contributed by atoms with E-state index in [1.165, 1.54) is 34.1 Å². The van der Waals surface area contributed by atoms with Gasteiger partial charge in [0, 0.05) is 24.5 Å². The van der Waals surface area contributed by atoms with Gasteiger partial charge in [0.1, 0.15) is 12.4 Å². The molecule has 2 aromatic rings. The fourth-order valence-electron chi connectivity index (χ4n) is 4.81. The van der Waals surface area contributed by atoms with Gasteiger partial charge in [-0.1, -0.05) is 0 Å². The van der Waals surface area contributed by atoms with Crippen molar-refractivity contribution in [3.63, 3.8) is 0 Å². The zero-order chi connectivity index (χ0) is 23.6. The zero-order valence-corrected chi connectivity index (χ0v) is 20.0. The molecule has 1 aliphatic carbocycles. The fourth-order valence-corrected chi connectivity index (χ4v) is 6.41. The van der Waals surface area contributed by atoms with Crippen LogP contribution in [-0.4, -0.2) is 41.9 Å². The SMILES string of the molecule is Cc1cc(COc2ccc(S(=O)(=O)N3CCCC(C)(C(=O)NO)C3)cc2)c2c(n1)CCCC2. The number of fused-ring (bicyclic) bond motifs is 1. The summed E-state index contributed by atoms with van der Waals surface area (Å²) in [5, 5.41) is 9.02. The summed E-state index contributed by atoms with van der Waals surface area (Å²) in [5.41, 5.74) is 5.28. The quantitative estimate of drug-likeness (QED) is 0.493. The van der Waals surface area contributed by atoms with Gasteiger partial charge in [-0.2, -0.15) is 4.31 Å². The Morgan fingerprint density at radius 3 is 2.67 bits per heavy atom. The summed E-state index contributed by atoms with van der Waals surface area (Å²) in [6, 6.07) is 8.47. The minimum absolute atomic E-state index is 0.0203. The minimum atomic E-state index is -3.77. The van der Waals surface area contributed by atoms with Crippen LogP contribution in [0.4, 0.5) is 0 Å². The molecule has 2 aliphatic rings. The molecule has 1 unspecified atom stereocenters. The topological polar surface area (TPSA) is 109 Å². The van der Waals surface area contributed by atoms with Crippen molar-refractivity contribution in [1.29, 1.82) is 0 Å². The molecule has 2 N–H and O–H groups in total. The normalized spacial score (nSPS) is 21.3. The summed E-state index contributed by atoms with van der Waals surface area (Å²) in [7, 11) is -3.77. The van der Waals surface area contributed by atoms with Crippen molar-refractivity contribution in [2.75, 3.05) is 13.1 Å². The number of sulfonamides is 1. The maximum Gasteiger partial charge on any atom is 0.250 e. The van der Waals surface area contributed by atoms with Gasteiger partial charge in [0.15, 0.2) is 0 Å². The molecule has 1 aromatic carbocycles. The summed E-state index contributed by atoms with van der Waals surface area (Å²) < 4.78 is 33.6. The van der Waals surface area contributed by atoms with Crippen molar-refractivity contribution >= 4 is 15.9 Å². The van der Waals surface area contributed by atoms with Crippen LogP contribution in [0.1, 0.15) is 55.1 Å². The predicted octanol–water partition coefficient (Wildman–Crippen LogP) is 3.14. The predicted molar refractivity (Wildman–Crippen MR) is 122 cm³/mol. The Kier molecular flexibility index (Phi) is 6.74. The van der Waals surface area contributed by atoms with E-state index in [2.05, 4.69) is 11.1 Å². The molecule has 2 heterocycles. The zero-order valence-electron chi connectivity index (χ0n) is 19.1. The van der Waals surface area contributed by atoms with Gasteiger partial charge in [-0.15, -0.1) is 0 Å². The molecule has 33 heavy (non-hydrogen) atoms. The van der Waals surface area contributed by atoms with Crippen LogP contribution in [0.25, 0.3) is 0 Å². The van der Waals surface area contributed by atoms with Crippen molar-refractivity contribution in [2.24, 2.45) is 5.41 Å². The smallest absolute Gasteiger partial charge is 0.250 e. The van der Waals surface area contributed by atoms with Gasteiger partial charge in [0.05, 0.1) is 10.3 Å².